The maximum atomic E-state index is 11.9. The number of hydrogen-bond donors (Lipinski definition) is 1. The van der Waals surface area contributed by atoms with Gasteiger partial charge in [0.2, 0.25) is 0 Å². The largest absolute Gasteiger partial charge is 0.507 e. The van der Waals surface area contributed by atoms with Crippen LogP contribution in [-0.4, -0.2) is 19.6 Å². The van der Waals surface area contributed by atoms with Crippen molar-refractivity contribution in [3.63, 3.8) is 0 Å². The van der Waals surface area contributed by atoms with Crippen molar-refractivity contribution < 1.29 is 39.9 Å². The van der Waals surface area contributed by atoms with E-state index < -0.39 is 37.4 Å². The normalized spacial score (nSPS) is 14.7. The maximum Gasteiger partial charge on any atom is 0.148 e. The number of aromatic hydroxyl groups is 1. The molecule has 4 nitrogen and oxygen atoms in total. The average Bonchev–Trinajstić information content (AvgIpc) is 3.71. The van der Waals surface area contributed by atoms with Crippen molar-refractivity contribution in [3.8, 4) is 78.6 Å². The van der Waals surface area contributed by atoms with Crippen molar-refractivity contribution in [1.82, 2.24) is 14.5 Å². The summed E-state index contributed by atoms with van der Waals surface area (Å²) >= 11 is 0. The van der Waals surface area contributed by atoms with Gasteiger partial charge in [-0.15, -0.1) is 23.8 Å². The minimum atomic E-state index is -3.49. The number of nitrogens with zero attached hydrogens (tertiary/aromatic N) is 3. The zero-order valence-corrected chi connectivity index (χ0v) is 37.0. The van der Waals surface area contributed by atoms with Crippen LogP contribution in [0.4, 0.5) is 0 Å². The summed E-state index contributed by atoms with van der Waals surface area (Å²) in [6, 6.07) is 52.3. The Kier molecular flexibility index (Phi) is 8.73. The van der Waals surface area contributed by atoms with Gasteiger partial charge in [0, 0.05) is 52.2 Å². The van der Waals surface area contributed by atoms with Gasteiger partial charge in [0.25, 0.3) is 0 Å². The molecule has 0 saturated carbocycles. The van der Waals surface area contributed by atoms with Crippen LogP contribution in [0.5, 0.6) is 5.75 Å². The van der Waals surface area contributed by atoms with Crippen LogP contribution >= 0.6 is 0 Å². The van der Waals surface area contributed by atoms with E-state index in [1.165, 1.54) is 12.1 Å². The van der Waals surface area contributed by atoms with Crippen molar-refractivity contribution in [2.75, 3.05) is 0 Å². The summed E-state index contributed by atoms with van der Waals surface area (Å²) in [6.07, 6.45) is 1.77. The van der Waals surface area contributed by atoms with E-state index in [-0.39, 0.29) is 26.8 Å². The van der Waals surface area contributed by atoms with Gasteiger partial charge in [-0.3, -0.25) is 9.55 Å². The molecule has 9 aromatic rings. The number of phenols is 1. The quantitative estimate of drug-likeness (QED) is 0.154. The third-order valence-electron chi connectivity index (χ3n) is 11.2. The van der Waals surface area contributed by atoms with Gasteiger partial charge in [-0.25, -0.2) is 4.98 Å². The summed E-state index contributed by atoms with van der Waals surface area (Å²) in [4.78, 5) is 10.2. The predicted molar refractivity (Wildman–Crippen MR) is 254 cm³/mol. The first kappa shape index (κ1) is 31.5. The third kappa shape index (κ3) is 8.20. The molecule has 2 heterocycles. The number of benzene rings is 7. The number of pyridine rings is 1. The summed E-state index contributed by atoms with van der Waals surface area (Å²) in [5, 5.41) is 11.9. The molecule has 0 radical (unpaired) electrons. The molecule has 0 atom stereocenters. The molecular weight excluding hydrogens is 938 g/mol. The molecule has 0 bridgehead atoms. The fraction of sp³-hybridized carbons (Fsp3) is 0.158. The summed E-state index contributed by atoms with van der Waals surface area (Å²) in [6.45, 7) is -3.03. The second-order valence-corrected chi connectivity index (χ2v) is 15.8. The van der Waals surface area contributed by atoms with Gasteiger partial charge < -0.3 is 5.11 Å². The van der Waals surface area contributed by atoms with Crippen LogP contribution < -0.4 is 0 Å². The van der Waals surface area contributed by atoms with Crippen LogP contribution in [0.2, 0.25) is 0 Å². The van der Waals surface area contributed by atoms with E-state index in [2.05, 4.69) is 12.1 Å². The number of hydrogen-bond acceptors (Lipinski definition) is 3. The Morgan fingerprint density at radius 3 is 2.05 bits per heavy atom. The predicted octanol–water partition coefficient (Wildman–Crippen LogP) is 15.0. The van der Waals surface area contributed by atoms with Crippen LogP contribution in [0, 0.1) is 19.9 Å². The summed E-state index contributed by atoms with van der Waals surface area (Å²) in [5.74, 6) is -0.429. The molecule has 310 valence electrons. The molecule has 62 heavy (non-hydrogen) atoms. The minimum absolute atomic E-state index is 0. The van der Waals surface area contributed by atoms with Gasteiger partial charge >= 0.3 is 0 Å². The standard InChI is InChI=1S/C57H50N3O.Pt/c1-36(2)39-21-23-41(24-22-39)43-27-28-58-51(34-43)46-32-44(40-15-10-8-11-16-40)31-45(33-46)48-19-14-20-53-54(48)59-56(50-30-37(3)29-38(4)55(50)61)60(53)52-26-25-47(57(5,6)7)35-49(52)42-17-12-9-13-18-42;/h8-32,34-36,61H,1-7H3;/q-1;/i5D3,6D3,7D3,36D;. The van der Waals surface area contributed by atoms with Crippen molar-refractivity contribution in [2.24, 2.45) is 0 Å². The Balaban J connectivity index is 0.00000693. The van der Waals surface area contributed by atoms with E-state index in [1.54, 1.807) is 49.5 Å². The van der Waals surface area contributed by atoms with E-state index in [0.717, 1.165) is 38.9 Å². The molecule has 0 fully saturated rings. The smallest absolute Gasteiger partial charge is 0.148 e. The Hall–Kier alpha value is -6.35. The zero-order valence-electron chi connectivity index (χ0n) is 44.7. The average molecular weight is 998 g/mol. The van der Waals surface area contributed by atoms with Crippen molar-refractivity contribution in [3.05, 3.63) is 192 Å². The van der Waals surface area contributed by atoms with Gasteiger partial charge in [0.1, 0.15) is 11.6 Å². The van der Waals surface area contributed by atoms with Crippen LogP contribution in [0.15, 0.2) is 164 Å². The first-order valence-electron chi connectivity index (χ1n) is 25.2. The number of aromatic nitrogens is 3. The summed E-state index contributed by atoms with van der Waals surface area (Å²) in [7, 11) is 0. The van der Waals surface area contributed by atoms with Crippen LogP contribution in [-0.2, 0) is 26.5 Å². The SMILES string of the molecule is [2H]C(C)(C)c1ccc(-c2ccnc(-c3[c-]c(-c4cccc5c4nc(-c4cc(C)cc(C)c4O)n5-c4ccc(C(C([2H])([2H])[2H])(C([2H])([2H])[2H])C([2H])([2H])[2H])cc4-c4ccccc4)cc(-c4ccccc4)c3)c2)cc1.[Pt]. The van der Waals surface area contributed by atoms with Gasteiger partial charge in [-0.2, -0.15) is 0 Å². The Morgan fingerprint density at radius 1 is 0.645 bits per heavy atom. The molecule has 0 spiro atoms. The van der Waals surface area contributed by atoms with Crippen LogP contribution in [0.1, 0.15) is 76.3 Å². The first-order chi connectivity index (χ1) is 33.5. The van der Waals surface area contributed by atoms with Gasteiger partial charge in [-0.1, -0.05) is 166 Å². The number of aryl methyl sites for hydroxylation is 2. The molecule has 0 amide bonds. The van der Waals surface area contributed by atoms with E-state index in [9.17, 15) is 5.11 Å². The number of imidazole rings is 1. The number of fused-ring (bicyclic) bond motifs is 1. The molecule has 0 aliphatic carbocycles. The van der Waals surface area contributed by atoms with Crippen LogP contribution in [0.25, 0.3) is 83.9 Å². The maximum absolute atomic E-state index is 11.9. The van der Waals surface area contributed by atoms with Crippen molar-refractivity contribution in [2.45, 2.75) is 59.6 Å². The molecule has 9 rings (SSSR count). The molecule has 7 aromatic carbocycles. The third-order valence-corrected chi connectivity index (χ3v) is 11.2. The Bertz CT molecular complexity index is 3410. The Labute approximate surface area is 394 Å². The summed E-state index contributed by atoms with van der Waals surface area (Å²) < 4.78 is 87.3. The molecule has 0 saturated heterocycles. The molecular formula is C57H50N3OPt-. The van der Waals surface area contributed by atoms with E-state index >= 15 is 0 Å². The minimum Gasteiger partial charge on any atom is -0.507 e. The fourth-order valence-corrected chi connectivity index (χ4v) is 8.09. The molecule has 1 N–H and O–H groups in total. The number of phenolic OH excluding ortho intramolecular Hbond substituents is 1. The first-order valence-corrected chi connectivity index (χ1v) is 20.2. The number of para-hydroxylation sites is 1. The van der Waals surface area contributed by atoms with Gasteiger partial charge in [-0.05, 0) is 100.0 Å². The van der Waals surface area contributed by atoms with Crippen molar-refractivity contribution in [1.29, 1.82) is 0 Å². The second kappa shape index (κ2) is 17.2. The van der Waals surface area contributed by atoms with Gasteiger partial charge in [0.05, 0.1) is 22.3 Å². The summed E-state index contributed by atoms with van der Waals surface area (Å²) in [5.41, 5.74) is 8.08. The monoisotopic (exact) mass is 997 g/mol. The fourth-order valence-electron chi connectivity index (χ4n) is 8.09. The van der Waals surface area contributed by atoms with Crippen molar-refractivity contribution >= 4 is 11.0 Å². The van der Waals surface area contributed by atoms with E-state index in [0.29, 0.717) is 61.6 Å². The zero-order chi connectivity index (χ0) is 50.8. The topological polar surface area (TPSA) is 50.9 Å². The Morgan fingerprint density at radius 2 is 1.34 bits per heavy atom. The molecule has 0 unspecified atom stereocenters. The van der Waals surface area contributed by atoms with Gasteiger partial charge in [0.15, 0.2) is 0 Å². The van der Waals surface area contributed by atoms with E-state index in [1.807, 2.05) is 128 Å². The van der Waals surface area contributed by atoms with E-state index in [4.69, 9.17) is 23.7 Å². The molecule has 0 aliphatic rings. The number of rotatable bonds is 8. The van der Waals surface area contributed by atoms with Crippen LogP contribution in [0.3, 0.4) is 0 Å². The molecule has 5 heteroatoms. The second-order valence-electron chi connectivity index (χ2n) is 15.8. The molecule has 2 aromatic heterocycles. The molecule has 0 aliphatic heterocycles.